The van der Waals surface area contributed by atoms with Gasteiger partial charge in [0, 0.05) is 0 Å². The molecule has 3 atom stereocenters. The molecule has 0 fully saturated rings. The van der Waals surface area contributed by atoms with Crippen molar-refractivity contribution in [3.63, 3.8) is 0 Å². The van der Waals surface area contributed by atoms with Gasteiger partial charge >= 0.3 is 0 Å². The first-order valence-electron chi connectivity index (χ1n) is 28.8. The van der Waals surface area contributed by atoms with Crippen molar-refractivity contribution in [1.82, 2.24) is 5.32 Å². The highest BCUT2D eigenvalue weighted by Gasteiger charge is 2.21. The van der Waals surface area contributed by atoms with Gasteiger partial charge in [-0.2, -0.15) is 0 Å². The lowest BCUT2D eigenvalue weighted by molar-refractivity contribution is -0.125. The number of carbonyl (C=O) groups excluding carboxylic acids is 1. The molecule has 0 heterocycles. The van der Waals surface area contributed by atoms with Crippen LogP contribution in [0.5, 0.6) is 0 Å². The number of aliphatic hydroxyl groups excluding tert-OH is 3. The van der Waals surface area contributed by atoms with E-state index in [1.54, 1.807) is 0 Å². The molecule has 1 amide bonds. The summed E-state index contributed by atoms with van der Waals surface area (Å²) < 4.78 is 0. The first kappa shape index (κ1) is 61.4. The molecule has 0 aliphatic heterocycles. The van der Waals surface area contributed by atoms with Gasteiger partial charge in [-0.1, -0.05) is 316 Å². The van der Waals surface area contributed by atoms with Crippen molar-refractivity contribution in [3.8, 4) is 0 Å². The zero-order valence-corrected chi connectivity index (χ0v) is 42.5. The maximum atomic E-state index is 12.5. The van der Waals surface area contributed by atoms with Gasteiger partial charge in [-0.15, -0.1) is 0 Å². The molecule has 0 radical (unpaired) electrons. The van der Waals surface area contributed by atoms with Crippen LogP contribution < -0.4 is 5.32 Å². The summed E-state index contributed by atoms with van der Waals surface area (Å²) in [7, 11) is 0. The largest absolute Gasteiger partial charge is 0.394 e. The first-order valence-corrected chi connectivity index (χ1v) is 28.8. The monoisotopic (exact) mass is 878 g/mol. The minimum Gasteiger partial charge on any atom is -0.394 e. The third kappa shape index (κ3) is 48.8. The number of hydrogen-bond acceptors (Lipinski definition) is 4. The molecule has 0 rings (SSSR count). The van der Waals surface area contributed by atoms with Gasteiger partial charge in [0.1, 0.15) is 0 Å². The van der Waals surface area contributed by atoms with Crippen LogP contribution in [0.4, 0.5) is 0 Å². The molecule has 4 N–H and O–H groups in total. The zero-order chi connectivity index (χ0) is 45.1. The molecule has 0 aromatic carbocycles. The highest BCUT2D eigenvalue weighted by atomic mass is 16.3. The Morgan fingerprint density at radius 3 is 0.774 bits per heavy atom. The number of carbonyl (C=O) groups is 1. The minimum absolute atomic E-state index is 0.0436. The fraction of sp³-hybridized carbons (Fsp3) is 0.982. The van der Waals surface area contributed by atoms with Gasteiger partial charge in [-0.25, -0.2) is 0 Å². The Kier molecular flexibility index (Phi) is 52.4. The number of nitrogens with one attached hydrogen (secondary N) is 1. The topological polar surface area (TPSA) is 89.8 Å². The number of hydrogen-bond donors (Lipinski definition) is 4. The van der Waals surface area contributed by atoms with E-state index in [0.717, 1.165) is 25.7 Å². The van der Waals surface area contributed by atoms with Gasteiger partial charge in [0.15, 0.2) is 0 Å². The van der Waals surface area contributed by atoms with Gasteiger partial charge in [-0.3, -0.25) is 4.79 Å². The van der Waals surface area contributed by atoms with E-state index in [2.05, 4.69) is 19.2 Å². The lowest BCUT2D eigenvalue weighted by Gasteiger charge is -2.23. The Balaban J connectivity index is 3.46. The van der Waals surface area contributed by atoms with E-state index in [-0.39, 0.29) is 18.9 Å². The summed E-state index contributed by atoms with van der Waals surface area (Å²) in [4.78, 5) is 12.5. The van der Waals surface area contributed by atoms with Crippen molar-refractivity contribution in [2.75, 3.05) is 6.61 Å². The van der Waals surface area contributed by atoms with Crippen molar-refractivity contribution in [1.29, 1.82) is 0 Å². The third-order valence-electron chi connectivity index (χ3n) is 13.9. The van der Waals surface area contributed by atoms with Gasteiger partial charge < -0.3 is 20.6 Å². The van der Waals surface area contributed by atoms with Crippen LogP contribution in [-0.4, -0.2) is 46.1 Å². The van der Waals surface area contributed by atoms with E-state index >= 15 is 0 Å². The summed E-state index contributed by atoms with van der Waals surface area (Å²) in [6.45, 7) is 4.31. The van der Waals surface area contributed by atoms with E-state index < -0.39 is 18.2 Å². The highest BCUT2D eigenvalue weighted by Crippen LogP contribution is 2.19. The smallest absolute Gasteiger partial charge is 0.222 e. The molecule has 0 bridgehead atoms. The van der Waals surface area contributed by atoms with E-state index in [9.17, 15) is 20.1 Å². The highest BCUT2D eigenvalue weighted by molar-refractivity contribution is 5.76. The van der Waals surface area contributed by atoms with Crippen molar-refractivity contribution in [2.45, 2.75) is 353 Å². The SMILES string of the molecule is CCCCCCCCCCCCCCCCCCCCCCCCCCCCCCCC(O)CC(=O)NC(CO)C(O)CCCCCCCCCCCCCCCCCCCC. The molecule has 0 saturated carbocycles. The van der Waals surface area contributed by atoms with Gasteiger partial charge in [0.2, 0.25) is 5.91 Å². The Bertz CT molecular complexity index is 838. The Labute approximate surface area is 389 Å². The number of aliphatic hydroxyl groups is 3. The molecule has 0 spiro atoms. The standard InChI is InChI=1S/C57H115NO4/c1-3-5-7-9-11-13-15-17-19-21-23-24-25-26-27-28-29-30-31-32-33-34-36-38-40-42-44-46-48-50-54(60)52-57(62)58-55(53-59)56(61)51-49-47-45-43-41-39-37-35-22-20-18-16-14-12-10-8-6-4-2/h54-56,59-61H,3-53H2,1-2H3,(H,58,62). The van der Waals surface area contributed by atoms with Crippen LogP contribution in [0.3, 0.4) is 0 Å². The molecular weight excluding hydrogens is 763 g/mol. The second-order valence-corrected chi connectivity index (χ2v) is 20.3. The number of rotatable bonds is 54. The Morgan fingerprint density at radius 1 is 0.339 bits per heavy atom. The summed E-state index contributed by atoms with van der Waals surface area (Å²) in [5, 5.41) is 33.6. The van der Waals surface area contributed by atoms with Crippen LogP contribution in [-0.2, 0) is 4.79 Å². The van der Waals surface area contributed by atoms with Crippen LogP contribution in [0, 0.1) is 0 Å². The van der Waals surface area contributed by atoms with Crippen molar-refractivity contribution in [2.24, 2.45) is 0 Å². The molecule has 0 saturated heterocycles. The fourth-order valence-corrected chi connectivity index (χ4v) is 9.53. The van der Waals surface area contributed by atoms with E-state index in [0.29, 0.717) is 12.8 Å². The summed E-state index contributed by atoms with van der Waals surface area (Å²) in [6.07, 6.45) is 64.1. The number of unbranched alkanes of at least 4 members (excludes halogenated alkanes) is 45. The van der Waals surface area contributed by atoms with Crippen molar-refractivity contribution >= 4 is 5.91 Å². The average Bonchev–Trinajstić information content (AvgIpc) is 3.27. The van der Waals surface area contributed by atoms with Crippen LogP contribution in [0.2, 0.25) is 0 Å². The van der Waals surface area contributed by atoms with Crippen molar-refractivity contribution in [3.05, 3.63) is 0 Å². The molecule has 3 unspecified atom stereocenters. The van der Waals surface area contributed by atoms with Crippen molar-refractivity contribution < 1.29 is 20.1 Å². The lowest BCUT2D eigenvalue weighted by Crippen LogP contribution is -2.46. The molecule has 0 aromatic rings. The van der Waals surface area contributed by atoms with E-state index in [1.807, 2.05) is 0 Å². The van der Waals surface area contributed by atoms with Gasteiger partial charge in [0.25, 0.3) is 0 Å². The molecule has 372 valence electrons. The number of amides is 1. The molecule has 62 heavy (non-hydrogen) atoms. The zero-order valence-electron chi connectivity index (χ0n) is 42.5. The average molecular weight is 879 g/mol. The summed E-state index contributed by atoms with van der Waals surface area (Å²) in [6, 6.07) is -0.654. The molecule has 5 heteroatoms. The fourth-order valence-electron chi connectivity index (χ4n) is 9.53. The van der Waals surface area contributed by atoms with Gasteiger partial charge in [-0.05, 0) is 12.8 Å². The Morgan fingerprint density at radius 2 is 0.548 bits per heavy atom. The van der Waals surface area contributed by atoms with Crippen LogP contribution in [0.15, 0.2) is 0 Å². The van der Waals surface area contributed by atoms with Crippen LogP contribution in [0.1, 0.15) is 335 Å². The third-order valence-corrected chi connectivity index (χ3v) is 13.9. The molecular formula is C57H115NO4. The lowest BCUT2D eigenvalue weighted by atomic mass is 10.0. The Hall–Kier alpha value is -0.650. The predicted molar refractivity (Wildman–Crippen MR) is 273 cm³/mol. The summed E-state index contributed by atoms with van der Waals surface area (Å²) in [5.41, 5.74) is 0. The second-order valence-electron chi connectivity index (χ2n) is 20.3. The molecule has 0 aliphatic rings. The van der Waals surface area contributed by atoms with Gasteiger partial charge in [0.05, 0.1) is 31.3 Å². The van der Waals surface area contributed by atoms with E-state index in [4.69, 9.17) is 0 Å². The summed E-state index contributed by atoms with van der Waals surface area (Å²) in [5.74, 6) is -0.274. The minimum atomic E-state index is -0.745. The molecule has 0 aliphatic carbocycles. The summed E-state index contributed by atoms with van der Waals surface area (Å²) >= 11 is 0. The second kappa shape index (κ2) is 53.0. The normalized spacial score (nSPS) is 13.2. The molecule has 0 aromatic heterocycles. The van der Waals surface area contributed by atoms with E-state index in [1.165, 1.54) is 276 Å². The maximum Gasteiger partial charge on any atom is 0.222 e. The molecule has 5 nitrogen and oxygen atoms in total. The predicted octanol–water partition coefficient (Wildman–Crippen LogP) is 17.7. The van der Waals surface area contributed by atoms with Crippen LogP contribution in [0.25, 0.3) is 0 Å². The van der Waals surface area contributed by atoms with Crippen LogP contribution >= 0.6 is 0 Å². The maximum absolute atomic E-state index is 12.5. The quantitative estimate of drug-likeness (QED) is 0.0458. The first-order chi connectivity index (χ1) is 30.5.